The van der Waals surface area contributed by atoms with E-state index in [0.29, 0.717) is 68.3 Å². The fourth-order valence-corrected chi connectivity index (χ4v) is 5.03. The Morgan fingerprint density at radius 3 is 2.12 bits per heavy atom. The smallest absolute Gasteiger partial charge is 0.255 e. The summed E-state index contributed by atoms with van der Waals surface area (Å²) in [6.45, 7) is 4.63. The van der Waals surface area contributed by atoms with Crippen LogP contribution in [-0.2, 0) is 0 Å². The predicted octanol–water partition coefficient (Wildman–Crippen LogP) is 3.62. The molecule has 8 nitrogen and oxygen atoms in total. The summed E-state index contributed by atoms with van der Waals surface area (Å²) in [7, 11) is 0. The summed E-state index contributed by atoms with van der Waals surface area (Å²) >= 11 is 0. The van der Waals surface area contributed by atoms with Crippen molar-refractivity contribution >= 4 is 29.1 Å². The Kier molecular flexibility index (Phi) is 8.35. The topological polar surface area (TPSA) is 85.0 Å². The van der Waals surface area contributed by atoms with Crippen LogP contribution in [0.5, 0.6) is 0 Å². The van der Waals surface area contributed by atoms with Crippen LogP contribution in [0, 0.1) is 11.6 Å². The molecule has 2 fully saturated rings. The molecule has 0 saturated carbocycles. The van der Waals surface area contributed by atoms with E-state index in [4.69, 9.17) is 0 Å². The number of nitrogens with zero attached hydrogens (tertiary/aromatic N) is 3. The van der Waals surface area contributed by atoms with Crippen molar-refractivity contribution < 1.29 is 23.2 Å². The summed E-state index contributed by atoms with van der Waals surface area (Å²) in [5.74, 6) is -1.70. The van der Waals surface area contributed by atoms with Gasteiger partial charge in [-0.3, -0.25) is 14.4 Å². The Balaban J connectivity index is 1.37. The van der Waals surface area contributed by atoms with Gasteiger partial charge < -0.3 is 25.3 Å². The molecule has 2 aliphatic rings. The van der Waals surface area contributed by atoms with Gasteiger partial charge in [-0.15, -0.1) is 0 Å². The van der Waals surface area contributed by atoms with E-state index < -0.39 is 17.5 Å². The van der Waals surface area contributed by atoms with Gasteiger partial charge in [0.15, 0.2) is 0 Å². The molecule has 40 heavy (non-hydrogen) atoms. The highest BCUT2D eigenvalue weighted by Crippen LogP contribution is 2.30. The first-order valence-corrected chi connectivity index (χ1v) is 13.4. The van der Waals surface area contributed by atoms with Crippen molar-refractivity contribution in [3.05, 3.63) is 95.1 Å². The molecule has 5 rings (SSSR count). The van der Waals surface area contributed by atoms with Crippen LogP contribution < -0.4 is 15.5 Å². The normalized spacial score (nSPS) is 15.9. The maximum Gasteiger partial charge on any atom is 0.255 e. The number of hydrogen-bond donors (Lipinski definition) is 2. The fraction of sp³-hybridized carbons (Fsp3) is 0.300. The lowest BCUT2D eigenvalue weighted by Crippen LogP contribution is -2.49. The van der Waals surface area contributed by atoms with Crippen molar-refractivity contribution in [2.24, 2.45) is 0 Å². The molecule has 2 saturated heterocycles. The van der Waals surface area contributed by atoms with Gasteiger partial charge in [0, 0.05) is 62.5 Å². The van der Waals surface area contributed by atoms with E-state index in [0.717, 1.165) is 19.0 Å². The zero-order valence-corrected chi connectivity index (χ0v) is 22.0. The minimum absolute atomic E-state index is 0.119. The molecule has 0 aromatic heterocycles. The van der Waals surface area contributed by atoms with Crippen molar-refractivity contribution in [2.45, 2.75) is 6.42 Å². The molecule has 2 N–H and O–H groups in total. The van der Waals surface area contributed by atoms with Gasteiger partial charge in [0.1, 0.15) is 11.6 Å². The number of nitrogens with one attached hydrogen (secondary N) is 2. The lowest BCUT2D eigenvalue weighted by atomic mass is 10.1. The number of piperazine rings is 1. The first-order valence-electron chi connectivity index (χ1n) is 13.4. The zero-order valence-electron chi connectivity index (χ0n) is 22.0. The summed E-state index contributed by atoms with van der Waals surface area (Å²) in [6.07, 6.45) is 0.855. The number of rotatable bonds is 5. The molecular weight excluding hydrogens is 516 g/mol. The van der Waals surface area contributed by atoms with Gasteiger partial charge in [-0.2, -0.15) is 0 Å². The van der Waals surface area contributed by atoms with Gasteiger partial charge in [0.05, 0.1) is 11.4 Å². The van der Waals surface area contributed by atoms with Crippen molar-refractivity contribution in [3.63, 3.8) is 0 Å². The van der Waals surface area contributed by atoms with Gasteiger partial charge in [-0.1, -0.05) is 6.07 Å². The lowest BCUT2D eigenvalue weighted by molar-refractivity contribution is 0.0743. The second kappa shape index (κ2) is 12.3. The molecule has 3 aromatic carbocycles. The first kappa shape index (κ1) is 27.3. The summed E-state index contributed by atoms with van der Waals surface area (Å²) in [4.78, 5) is 44.8. The third-order valence-corrected chi connectivity index (χ3v) is 7.20. The number of hydrogen-bond acceptors (Lipinski definition) is 5. The Bertz CT molecular complexity index is 1380. The van der Waals surface area contributed by atoms with Crippen molar-refractivity contribution in [2.75, 3.05) is 62.6 Å². The summed E-state index contributed by atoms with van der Waals surface area (Å²) in [6, 6.07) is 16.1. The van der Waals surface area contributed by atoms with Crippen molar-refractivity contribution in [1.29, 1.82) is 0 Å². The van der Waals surface area contributed by atoms with E-state index in [1.54, 1.807) is 21.9 Å². The van der Waals surface area contributed by atoms with Gasteiger partial charge in [0.2, 0.25) is 0 Å². The van der Waals surface area contributed by atoms with E-state index in [2.05, 4.69) is 10.6 Å². The molecule has 0 radical (unpaired) electrons. The number of benzene rings is 3. The minimum Gasteiger partial charge on any atom is -0.366 e. The highest BCUT2D eigenvalue weighted by molar-refractivity contribution is 6.07. The number of amides is 3. The Morgan fingerprint density at radius 2 is 1.38 bits per heavy atom. The van der Waals surface area contributed by atoms with Gasteiger partial charge in [-0.25, -0.2) is 8.78 Å². The van der Waals surface area contributed by atoms with Gasteiger partial charge in [0.25, 0.3) is 17.7 Å². The van der Waals surface area contributed by atoms with Gasteiger partial charge in [-0.05, 0) is 73.6 Å². The summed E-state index contributed by atoms with van der Waals surface area (Å²) < 4.78 is 27.1. The van der Waals surface area contributed by atoms with Crippen molar-refractivity contribution in [3.8, 4) is 0 Å². The second-order valence-electron chi connectivity index (χ2n) is 9.88. The van der Waals surface area contributed by atoms with E-state index in [9.17, 15) is 23.2 Å². The molecule has 3 aromatic rings. The van der Waals surface area contributed by atoms with Crippen LogP contribution in [0.2, 0.25) is 0 Å². The minimum atomic E-state index is -0.520. The van der Waals surface area contributed by atoms with Crippen LogP contribution in [0.25, 0.3) is 0 Å². The maximum atomic E-state index is 13.8. The van der Waals surface area contributed by atoms with E-state index in [1.165, 1.54) is 42.5 Å². The molecule has 0 aliphatic carbocycles. The highest BCUT2D eigenvalue weighted by Gasteiger charge is 2.26. The maximum absolute atomic E-state index is 13.8. The largest absolute Gasteiger partial charge is 0.366 e. The Hall–Kier alpha value is -4.31. The zero-order chi connectivity index (χ0) is 28.1. The number of carbonyl (C=O) groups is 3. The van der Waals surface area contributed by atoms with Crippen LogP contribution in [0.3, 0.4) is 0 Å². The van der Waals surface area contributed by atoms with Crippen LogP contribution >= 0.6 is 0 Å². The third-order valence-electron chi connectivity index (χ3n) is 7.20. The summed E-state index contributed by atoms with van der Waals surface area (Å²) in [5.41, 5.74) is 2.17. The molecule has 2 aliphatic heterocycles. The third kappa shape index (κ3) is 6.28. The van der Waals surface area contributed by atoms with Crippen LogP contribution in [0.1, 0.15) is 37.5 Å². The van der Waals surface area contributed by atoms with Crippen molar-refractivity contribution in [1.82, 2.24) is 15.1 Å². The standard InChI is InChI=1S/C30H31F2N5O3/c31-24-8-5-21(6-9-24)29(39)37-17-15-35(16-18-37)27-10-7-23(30(40)36-13-2-11-33-12-14-36)20-26(27)34-28(38)22-3-1-4-25(32)19-22/h1,3-10,19-20,33H,2,11-18H2,(H,34,38). The van der Waals surface area contributed by atoms with E-state index in [1.807, 2.05) is 11.0 Å². The molecule has 3 amide bonds. The molecule has 0 atom stereocenters. The molecule has 10 heteroatoms. The van der Waals surface area contributed by atoms with E-state index in [-0.39, 0.29) is 17.4 Å². The Morgan fingerprint density at radius 1 is 0.675 bits per heavy atom. The fourth-order valence-electron chi connectivity index (χ4n) is 5.03. The quantitative estimate of drug-likeness (QED) is 0.510. The predicted molar refractivity (Wildman–Crippen MR) is 149 cm³/mol. The van der Waals surface area contributed by atoms with E-state index >= 15 is 0 Å². The lowest BCUT2D eigenvalue weighted by Gasteiger charge is -2.37. The Labute approximate surface area is 231 Å². The number of halogens is 2. The first-order chi connectivity index (χ1) is 19.4. The average Bonchev–Trinajstić information content (AvgIpc) is 3.27. The van der Waals surface area contributed by atoms with Crippen LogP contribution in [-0.4, -0.2) is 79.9 Å². The SMILES string of the molecule is O=C(Nc1cc(C(=O)N2CCCNCC2)ccc1N1CCN(C(=O)c2ccc(F)cc2)CC1)c1cccc(F)c1. The molecule has 0 bridgehead atoms. The molecular formula is C30H31F2N5O3. The van der Waals surface area contributed by atoms with Crippen LogP contribution in [0.15, 0.2) is 66.7 Å². The molecule has 208 valence electrons. The van der Waals surface area contributed by atoms with Crippen LogP contribution in [0.4, 0.5) is 20.2 Å². The highest BCUT2D eigenvalue weighted by atomic mass is 19.1. The second-order valence-corrected chi connectivity index (χ2v) is 9.88. The molecule has 0 unspecified atom stereocenters. The average molecular weight is 548 g/mol. The summed E-state index contributed by atoms with van der Waals surface area (Å²) in [5, 5.41) is 6.17. The monoisotopic (exact) mass is 547 g/mol. The number of carbonyl (C=O) groups excluding carboxylic acids is 3. The van der Waals surface area contributed by atoms with Gasteiger partial charge >= 0.3 is 0 Å². The number of anilines is 2. The molecule has 0 spiro atoms. The molecule has 2 heterocycles.